The van der Waals surface area contributed by atoms with Gasteiger partial charge in [-0.05, 0) is 46.1 Å². The van der Waals surface area contributed by atoms with Crippen molar-refractivity contribution in [3.8, 4) is 0 Å². The third kappa shape index (κ3) is 8.67. The van der Waals surface area contributed by atoms with Crippen LogP contribution in [0.3, 0.4) is 0 Å². The van der Waals surface area contributed by atoms with Crippen molar-refractivity contribution in [2.75, 3.05) is 26.3 Å². The molecule has 1 aromatic heterocycles. The van der Waals surface area contributed by atoms with E-state index < -0.39 is 0 Å². The maximum Gasteiger partial charge on any atom is 0.350 e. The van der Waals surface area contributed by atoms with Gasteiger partial charge in [-0.25, -0.2) is 9.78 Å². The fraction of sp³-hybridized carbons (Fsp3) is 0.522. The number of nitrogens with zero attached hydrogens (tertiary/aromatic N) is 2. The van der Waals surface area contributed by atoms with Crippen molar-refractivity contribution in [3.05, 3.63) is 51.5 Å². The smallest absolute Gasteiger partial charge is 0.350 e. The van der Waals surface area contributed by atoms with Gasteiger partial charge < -0.3 is 20.1 Å². The van der Waals surface area contributed by atoms with Crippen LogP contribution in [0.5, 0.6) is 0 Å². The molecule has 0 aliphatic heterocycles. The lowest BCUT2D eigenvalue weighted by Gasteiger charge is -2.16. The number of aliphatic imine (C=N–C) groups is 1. The first-order valence-corrected chi connectivity index (χ1v) is 11.7. The van der Waals surface area contributed by atoms with E-state index in [4.69, 9.17) is 9.47 Å². The molecule has 0 bridgehead atoms. The molecule has 8 heteroatoms. The van der Waals surface area contributed by atoms with Gasteiger partial charge in [-0.2, -0.15) is 0 Å². The summed E-state index contributed by atoms with van der Waals surface area (Å²) >= 11 is 1.36. The van der Waals surface area contributed by atoms with E-state index in [0.717, 1.165) is 37.0 Å². The number of carbonyl (C=O) groups excluding carboxylic acids is 1. The summed E-state index contributed by atoms with van der Waals surface area (Å²) in [6.07, 6.45) is 1.91. The zero-order chi connectivity index (χ0) is 22.5. The number of nitrogens with one attached hydrogen (secondary N) is 2. The van der Waals surface area contributed by atoms with Gasteiger partial charge in [0.25, 0.3) is 0 Å². The maximum absolute atomic E-state index is 12.0. The van der Waals surface area contributed by atoms with Crippen LogP contribution in [0.2, 0.25) is 0 Å². The third-order valence-corrected chi connectivity index (χ3v) is 5.74. The average Bonchev–Trinajstić information content (AvgIpc) is 3.16. The SMILES string of the molecule is CCNC(=NCCCCOCc1ccccc1)NC(C)c1nc(C)c(C(=O)OCC)s1. The zero-order valence-corrected chi connectivity index (χ0v) is 19.8. The van der Waals surface area contributed by atoms with Crippen molar-refractivity contribution in [3.63, 3.8) is 0 Å². The number of thiazole rings is 1. The van der Waals surface area contributed by atoms with Crippen LogP contribution in [0.1, 0.15) is 65.6 Å². The Labute approximate surface area is 189 Å². The van der Waals surface area contributed by atoms with E-state index in [9.17, 15) is 4.79 Å². The van der Waals surface area contributed by atoms with Crippen molar-refractivity contribution in [2.24, 2.45) is 4.99 Å². The van der Waals surface area contributed by atoms with E-state index in [1.54, 1.807) is 6.92 Å². The van der Waals surface area contributed by atoms with E-state index in [1.807, 2.05) is 39.0 Å². The van der Waals surface area contributed by atoms with Crippen LogP contribution in [0.25, 0.3) is 0 Å². The molecule has 31 heavy (non-hydrogen) atoms. The van der Waals surface area contributed by atoms with Gasteiger partial charge in [0.15, 0.2) is 5.96 Å². The normalized spacial score (nSPS) is 12.5. The van der Waals surface area contributed by atoms with Gasteiger partial charge >= 0.3 is 5.97 Å². The molecule has 0 amide bonds. The minimum Gasteiger partial charge on any atom is -0.462 e. The highest BCUT2D eigenvalue weighted by molar-refractivity contribution is 7.13. The lowest BCUT2D eigenvalue weighted by molar-refractivity contribution is 0.0531. The number of carbonyl (C=O) groups is 1. The Bertz CT molecular complexity index is 823. The highest BCUT2D eigenvalue weighted by Crippen LogP contribution is 2.24. The van der Waals surface area contributed by atoms with Gasteiger partial charge in [-0.1, -0.05) is 30.3 Å². The number of guanidine groups is 1. The van der Waals surface area contributed by atoms with E-state index in [1.165, 1.54) is 16.9 Å². The second-order valence-corrected chi connectivity index (χ2v) is 8.09. The van der Waals surface area contributed by atoms with Gasteiger partial charge in [-0.3, -0.25) is 4.99 Å². The van der Waals surface area contributed by atoms with Crippen LogP contribution in [0.15, 0.2) is 35.3 Å². The Morgan fingerprint density at radius 2 is 2.00 bits per heavy atom. The van der Waals surface area contributed by atoms with Gasteiger partial charge in [-0.15, -0.1) is 11.3 Å². The maximum atomic E-state index is 12.0. The molecule has 1 aromatic carbocycles. The van der Waals surface area contributed by atoms with Crippen molar-refractivity contribution < 1.29 is 14.3 Å². The van der Waals surface area contributed by atoms with Crippen LogP contribution in [-0.4, -0.2) is 43.2 Å². The quantitative estimate of drug-likeness (QED) is 0.220. The Hall–Kier alpha value is -2.45. The molecule has 1 unspecified atom stereocenters. The summed E-state index contributed by atoms with van der Waals surface area (Å²) < 4.78 is 10.8. The van der Waals surface area contributed by atoms with Crippen LogP contribution in [-0.2, 0) is 16.1 Å². The summed E-state index contributed by atoms with van der Waals surface area (Å²) in [5.41, 5.74) is 1.89. The first-order valence-electron chi connectivity index (χ1n) is 10.9. The summed E-state index contributed by atoms with van der Waals surface area (Å²) in [5.74, 6) is 0.428. The average molecular weight is 447 g/mol. The van der Waals surface area contributed by atoms with Gasteiger partial charge in [0, 0.05) is 19.7 Å². The molecule has 0 aliphatic rings. The fourth-order valence-corrected chi connectivity index (χ4v) is 3.81. The first kappa shape index (κ1) is 24.8. The van der Waals surface area contributed by atoms with E-state index in [2.05, 4.69) is 32.7 Å². The van der Waals surface area contributed by atoms with E-state index >= 15 is 0 Å². The van der Waals surface area contributed by atoms with Gasteiger partial charge in [0.1, 0.15) is 9.88 Å². The Kier molecular flexibility index (Phi) is 11.0. The molecule has 7 nitrogen and oxygen atoms in total. The Morgan fingerprint density at radius 3 is 2.71 bits per heavy atom. The molecule has 0 saturated heterocycles. The topological polar surface area (TPSA) is 84.8 Å². The van der Waals surface area contributed by atoms with Crippen molar-refractivity contribution >= 4 is 23.3 Å². The second kappa shape index (κ2) is 13.8. The molecular weight excluding hydrogens is 412 g/mol. The molecule has 0 fully saturated rings. The molecule has 170 valence electrons. The minimum atomic E-state index is -0.314. The predicted octanol–water partition coefficient (Wildman–Crippen LogP) is 4.24. The van der Waals surface area contributed by atoms with E-state index in [-0.39, 0.29) is 12.0 Å². The van der Waals surface area contributed by atoms with Gasteiger partial charge in [0.05, 0.1) is 24.9 Å². The number of aromatic nitrogens is 1. The van der Waals surface area contributed by atoms with Crippen molar-refractivity contribution in [1.29, 1.82) is 0 Å². The molecule has 1 heterocycles. The number of aryl methyl sites for hydroxylation is 1. The number of hydrogen-bond donors (Lipinski definition) is 2. The Balaban J connectivity index is 1.78. The molecule has 0 saturated carbocycles. The lowest BCUT2D eigenvalue weighted by Crippen LogP contribution is -2.38. The van der Waals surface area contributed by atoms with Crippen molar-refractivity contribution in [2.45, 2.75) is 53.2 Å². The minimum absolute atomic E-state index is 0.0705. The largest absolute Gasteiger partial charge is 0.462 e. The number of benzene rings is 1. The second-order valence-electron chi connectivity index (χ2n) is 7.06. The van der Waals surface area contributed by atoms with Crippen LogP contribution in [0.4, 0.5) is 0 Å². The van der Waals surface area contributed by atoms with E-state index in [0.29, 0.717) is 30.3 Å². The molecule has 0 aliphatic carbocycles. The number of rotatable bonds is 12. The number of hydrogen-bond acceptors (Lipinski definition) is 6. The number of ether oxygens (including phenoxy) is 2. The van der Waals surface area contributed by atoms with Crippen LogP contribution >= 0.6 is 11.3 Å². The molecule has 0 spiro atoms. The monoisotopic (exact) mass is 446 g/mol. The zero-order valence-electron chi connectivity index (χ0n) is 18.9. The first-order chi connectivity index (χ1) is 15.0. The van der Waals surface area contributed by atoms with Crippen LogP contribution in [0, 0.1) is 6.92 Å². The number of esters is 1. The van der Waals surface area contributed by atoms with Crippen molar-refractivity contribution in [1.82, 2.24) is 15.6 Å². The third-order valence-electron chi connectivity index (χ3n) is 4.42. The molecule has 2 rings (SSSR count). The summed E-state index contributed by atoms with van der Waals surface area (Å²) in [6.45, 7) is 10.9. The predicted molar refractivity (Wildman–Crippen MR) is 126 cm³/mol. The highest BCUT2D eigenvalue weighted by Gasteiger charge is 2.20. The highest BCUT2D eigenvalue weighted by atomic mass is 32.1. The summed E-state index contributed by atoms with van der Waals surface area (Å²) in [5, 5.41) is 7.47. The summed E-state index contributed by atoms with van der Waals surface area (Å²) in [4.78, 5) is 21.8. The standard InChI is InChI=1S/C23H34N4O3S/c1-5-24-23(25-14-10-11-15-29-16-19-12-8-7-9-13-19)27-18(4)21-26-17(3)20(31-21)22(28)30-6-2/h7-9,12-13,18H,5-6,10-11,14-16H2,1-4H3,(H2,24,25,27). The molecule has 2 N–H and O–H groups in total. The van der Waals surface area contributed by atoms with Gasteiger partial charge in [0.2, 0.25) is 0 Å². The summed E-state index contributed by atoms with van der Waals surface area (Å²) in [7, 11) is 0. The fourth-order valence-electron chi connectivity index (χ4n) is 2.85. The lowest BCUT2D eigenvalue weighted by atomic mass is 10.2. The molecular formula is C23H34N4O3S. The Morgan fingerprint density at radius 1 is 1.23 bits per heavy atom. The molecule has 0 radical (unpaired) electrons. The number of unbranched alkanes of at least 4 members (excludes halogenated alkanes) is 1. The van der Waals surface area contributed by atoms with Crippen LogP contribution < -0.4 is 10.6 Å². The molecule has 1 atom stereocenters. The summed E-state index contributed by atoms with van der Waals surface area (Å²) in [6, 6.07) is 10.1. The molecule has 2 aromatic rings.